The van der Waals surface area contributed by atoms with Gasteiger partial charge in [-0.25, -0.2) is 4.79 Å². The largest absolute Gasteiger partial charge is 0.444 e. The van der Waals surface area contributed by atoms with Crippen LogP contribution in [0.15, 0.2) is 0 Å². The Morgan fingerprint density at radius 1 is 1.10 bits per heavy atom. The van der Waals surface area contributed by atoms with E-state index in [1.54, 1.807) is 4.90 Å². The summed E-state index contributed by atoms with van der Waals surface area (Å²) in [4.78, 5) is 27.3. The molecule has 1 aliphatic rings. The zero-order chi connectivity index (χ0) is 15.2. The number of carbonyl (C=O) groups is 2. The van der Waals surface area contributed by atoms with Gasteiger partial charge in [-0.05, 0) is 40.8 Å². The lowest BCUT2D eigenvalue weighted by atomic mass is 10.2. The highest BCUT2D eigenvalue weighted by atomic mass is 16.6. The third-order valence-corrected chi connectivity index (χ3v) is 3.10. The fourth-order valence-electron chi connectivity index (χ4n) is 2.04. The van der Waals surface area contributed by atoms with Crippen LogP contribution in [0.3, 0.4) is 0 Å². The number of hydrogen-bond acceptors (Lipinski definition) is 4. The summed E-state index contributed by atoms with van der Waals surface area (Å²) in [6.45, 7) is 8.70. The molecule has 0 bridgehead atoms. The predicted octanol–water partition coefficient (Wildman–Crippen LogP) is 1.07. The van der Waals surface area contributed by atoms with Crippen molar-refractivity contribution >= 4 is 12.0 Å². The van der Waals surface area contributed by atoms with Gasteiger partial charge in [-0.2, -0.15) is 0 Å². The molecular weight excluding hydrogens is 258 g/mol. The summed E-state index contributed by atoms with van der Waals surface area (Å²) in [5.41, 5.74) is -0.475. The molecular formula is C14H27N3O3. The third-order valence-electron chi connectivity index (χ3n) is 3.10. The number of piperazine rings is 1. The molecule has 0 spiro atoms. The van der Waals surface area contributed by atoms with Crippen LogP contribution in [0.4, 0.5) is 4.79 Å². The quantitative estimate of drug-likeness (QED) is 0.785. The van der Waals surface area contributed by atoms with Gasteiger partial charge < -0.3 is 19.9 Å². The molecule has 0 radical (unpaired) electrons. The fourth-order valence-corrected chi connectivity index (χ4v) is 2.04. The Morgan fingerprint density at radius 3 is 2.15 bits per heavy atom. The summed E-state index contributed by atoms with van der Waals surface area (Å²) in [6.07, 6.45) is 1.12. The molecule has 0 atom stereocenters. The predicted molar refractivity (Wildman–Crippen MR) is 77.5 cm³/mol. The van der Waals surface area contributed by atoms with Crippen LogP contribution in [-0.2, 0) is 9.53 Å². The molecule has 1 fully saturated rings. The van der Waals surface area contributed by atoms with E-state index in [0.29, 0.717) is 32.6 Å². The van der Waals surface area contributed by atoms with Gasteiger partial charge in [0.2, 0.25) is 5.91 Å². The molecule has 0 aromatic heterocycles. The zero-order valence-electron chi connectivity index (χ0n) is 13.1. The smallest absolute Gasteiger partial charge is 0.410 e. The molecule has 6 heteroatoms. The van der Waals surface area contributed by atoms with Gasteiger partial charge in [-0.1, -0.05) is 0 Å². The van der Waals surface area contributed by atoms with Gasteiger partial charge in [0, 0.05) is 32.6 Å². The van der Waals surface area contributed by atoms with E-state index in [1.165, 1.54) is 0 Å². The van der Waals surface area contributed by atoms with Crippen molar-refractivity contribution in [2.45, 2.75) is 39.2 Å². The van der Waals surface area contributed by atoms with Gasteiger partial charge in [0.05, 0.1) is 0 Å². The van der Waals surface area contributed by atoms with Crippen molar-refractivity contribution in [3.63, 3.8) is 0 Å². The topological polar surface area (TPSA) is 61.9 Å². The molecule has 116 valence electrons. The molecule has 1 heterocycles. The van der Waals surface area contributed by atoms with E-state index in [9.17, 15) is 9.59 Å². The minimum absolute atomic E-state index is 0.170. The maximum Gasteiger partial charge on any atom is 0.410 e. The standard InChI is InChI=1S/C14H27N3O3/c1-14(2,3)20-13(19)17-10-8-16(9-11-17)12(18)6-5-7-15-4/h15H,5-11H2,1-4H3. The zero-order valence-corrected chi connectivity index (χ0v) is 13.1. The van der Waals surface area contributed by atoms with E-state index >= 15 is 0 Å². The van der Waals surface area contributed by atoms with Crippen LogP contribution < -0.4 is 5.32 Å². The molecule has 0 saturated carbocycles. The van der Waals surface area contributed by atoms with Gasteiger partial charge >= 0.3 is 6.09 Å². The number of rotatable bonds is 4. The Kier molecular flexibility index (Phi) is 6.26. The molecule has 0 aromatic carbocycles. The molecule has 0 unspecified atom stereocenters. The van der Waals surface area contributed by atoms with Crippen molar-refractivity contribution in [3.05, 3.63) is 0 Å². The first-order valence-electron chi connectivity index (χ1n) is 7.24. The first-order valence-corrected chi connectivity index (χ1v) is 7.24. The van der Waals surface area contributed by atoms with Gasteiger partial charge in [0.25, 0.3) is 0 Å². The molecule has 2 amide bonds. The average molecular weight is 285 g/mol. The van der Waals surface area contributed by atoms with Crippen molar-refractivity contribution in [1.82, 2.24) is 15.1 Å². The molecule has 1 aliphatic heterocycles. The monoisotopic (exact) mass is 285 g/mol. The third kappa shape index (κ3) is 5.77. The van der Waals surface area contributed by atoms with Gasteiger partial charge in [0.1, 0.15) is 5.60 Å². The maximum atomic E-state index is 11.9. The number of nitrogens with one attached hydrogen (secondary N) is 1. The Balaban J connectivity index is 2.32. The molecule has 6 nitrogen and oxygen atoms in total. The Bertz CT molecular complexity index is 331. The number of nitrogens with zero attached hydrogens (tertiary/aromatic N) is 2. The number of ether oxygens (including phenoxy) is 1. The van der Waals surface area contributed by atoms with Crippen LogP contribution in [0.5, 0.6) is 0 Å². The second-order valence-corrected chi connectivity index (χ2v) is 6.06. The van der Waals surface area contributed by atoms with Gasteiger partial charge in [0.15, 0.2) is 0 Å². The first-order chi connectivity index (χ1) is 9.33. The van der Waals surface area contributed by atoms with Crippen LogP contribution >= 0.6 is 0 Å². The lowest BCUT2D eigenvalue weighted by molar-refractivity contribution is -0.133. The highest BCUT2D eigenvalue weighted by Gasteiger charge is 2.27. The lowest BCUT2D eigenvalue weighted by Gasteiger charge is -2.35. The minimum Gasteiger partial charge on any atom is -0.444 e. The van der Waals surface area contributed by atoms with E-state index in [1.807, 2.05) is 32.7 Å². The average Bonchev–Trinajstić information content (AvgIpc) is 2.37. The van der Waals surface area contributed by atoms with Crippen LogP contribution in [0.2, 0.25) is 0 Å². The van der Waals surface area contributed by atoms with E-state index in [4.69, 9.17) is 4.74 Å². The van der Waals surface area contributed by atoms with E-state index in [2.05, 4.69) is 5.32 Å². The van der Waals surface area contributed by atoms with Crippen molar-refractivity contribution < 1.29 is 14.3 Å². The van der Waals surface area contributed by atoms with E-state index in [0.717, 1.165) is 13.0 Å². The van der Waals surface area contributed by atoms with E-state index < -0.39 is 5.60 Å². The van der Waals surface area contributed by atoms with Crippen LogP contribution in [0.25, 0.3) is 0 Å². The highest BCUT2D eigenvalue weighted by Crippen LogP contribution is 2.12. The Morgan fingerprint density at radius 2 is 1.65 bits per heavy atom. The summed E-state index contributed by atoms with van der Waals surface area (Å²) >= 11 is 0. The van der Waals surface area contributed by atoms with Crippen LogP contribution in [-0.4, -0.2) is 67.2 Å². The lowest BCUT2D eigenvalue weighted by Crippen LogP contribution is -2.51. The molecule has 20 heavy (non-hydrogen) atoms. The number of amides is 2. The van der Waals surface area contributed by atoms with Crippen LogP contribution in [0, 0.1) is 0 Å². The summed E-state index contributed by atoms with van der Waals surface area (Å²) in [7, 11) is 1.88. The highest BCUT2D eigenvalue weighted by molar-refractivity contribution is 5.76. The Hall–Kier alpha value is -1.30. The summed E-state index contributed by atoms with van der Waals surface area (Å²) < 4.78 is 5.33. The van der Waals surface area contributed by atoms with Gasteiger partial charge in [-0.3, -0.25) is 4.79 Å². The van der Waals surface area contributed by atoms with E-state index in [-0.39, 0.29) is 12.0 Å². The SMILES string of the molecule is CNCCCC(=O)N1CCN(C(=O)OC(C)(C)C)CC1. The normalized spacial score (nSPS) is 16.2. The fraction of sp³-hybridized carbons (Fsp3) is 0.857. The molecule has 1 saturated heterocycles. The maximum absolute atomic E-state index is 11.9. The second kappa shape index (κ2) is 7.47. The van der Waals surface area contributed by atoms with Gasteiger partial charge in [-0.15, -0.1) is 0 Å². The van der Waals surface area contributed by atoms with Crippen LogP contribution in [0.1, 0.15) is 33.6 Å². The molecule has 0 aromatic rings. The first kappa shape index (κ1) is 16.8. The van der Waals surface area contributed by atoms with Crippen molar-refractivity contribution in [2.75, 3.05) is 39.8 Å². The summed E-state index contributed by atoms with van der Waals surface area (Å²) in [5.74, 6) is 0.170. The van der Waals surface area contributed by atoms with Crippen molar-refractivity contribution in [2.24, 2.45) is 0 Å². The number of hydrogen-bond donors (Lipinski definition) is 1. The second-order valence-electron chi connectivity index (χ2n) is 6.06. The molecule has 1 N–H and O–H groups in total. The number of carbonyl (C=O) groups excluding carboxylic acids is 2. The van der Waals surface area contributed by atoms with Crippen molar-refractivity contribution in [3.8, 4) is 0 Å². The minimum atomic E-state index is -0.475. The molecule has 1 rings (SSSR count). The Labute approximate surface area is 121 Å². The summed E-state index contributed by atoms with van der Waals surface area (Å²) in [6, 6.07) is 0. The summed E-state index contributed by atoms with van der Waals surface area (Å²) in [5, 5.41) is 3.03. The molecule has 0 aliphatic carbocycles. The van der Waals surface area contributed by atoms with Crippen molar-refractivity contribution in [1.29, 1.82) is 0 Å².